The second-order valence-electron chi connectivity index (χ2n) is 4.46. The minimum atomic E-state index is -3.44. The minimum absolute atomic E-state index is 0.0440. The van der Waals surface area contributed by atoms with E-state index in [0.717, 1.165) is 12.8 Å². The first-order valence-electron chi connectivity index (χ1n) is 5.79. The van der Waals surface area contributed by atoms with Crippen molar-refractivity contribution in [3.63, 3.8) is 0 Å². The van der Waals surface area contributed by atoms with E-state index < -0.39 is 14.8 Å². The van der Waals surface area contributed by atoms with Gasteiger partial charge < -0.3 is 0 Å². The zero-order valence-electron chi connectivity index (χ0n) is 10.00. The highest BCUT2D eigenvalue weighted by atomic mass is 32.2. The third-order valence-electron chi connectivity index (χ3n) is 3.26. The Bertz CT molecular complexity index is 577. The summed E-state index contributed by atoms with van der Waals surface area (Å²) in [4.78, 5) is 14.0. The molecule has 0 bridgehead atoms. The molecule has 0 aromatic carbocycles. The van der Waals surface area contributed by atoms with E-state index in [0.29, 0.717) is 12.8 Å². The molecule has 1 heterocycles. The summed E-state index contributed by atoms with van der Waals surface area (Å²) in [7, 11) is -3.44. The van der Waals surface area contributed by atoms with Crippen LogP contribution in [0.2, 0.25) is 0 Å². The molecule has 0 spiro atoms. The van der Waals surface area contributed by atoms with Crippen LogP contribution in [0, 0.1) is 17.0 Å². The Morgan fingerprint density at radius 3 is 2.44 bits per heavy atom. The molecule has 0 aliphatic heterocycles. The highest BCUT2D eigenvalue weighted by molar-refractivity contribution is 7.92. The van der Waals surface area contributed by atoms with Gasteiger partial charge in [0.1, 0.15) is 5.69 Å². The number of nitrogens with zero attached hydrogens (tertiary/aromatic N) is 2. The van der Waals surface area contributed by atoms with Gasteiger partial charge in [-0.15, -0.1) is 0 Å². The summed E-state index contributed by atoms with van der Waals surface area (Å²) in [6, 6.07) is 2.45. The number of rotatable bonds is 3. The molecule has 0 radical (unpaired) electrons. The molecule has 0 saturated heterocycles. The molecule has 0 atom stereocenters. The van der Waals surface area contributed by atoms with Crippen LogP contribution >= 0.6 is 0 Å². The second kappa shape index (κ2) is 4.64. The van der Waals surface area contributed by atoms with Gasteiger partial charge in [-0.2, -0.15) is 0 Å². The summed E-state index contributed by atoms with van der Waals surface area (Å²) in [6.45, 7) is 1.45. The summed E-state index contributed by atoms with van der Waals surface area (Å²) < 4.78 is 24.5. The lowest BCUT2D eigenvalue weighted by atomic mass is 10.3. The van der Waals surface area contributed by atoms with E-state index in [4.69, 9.17) is 0 Å². The Kier molecular flexibility index (Phi) is 3.34. The molecule has 1 saturated carbocycles. The number of pyridine rings is 1. The molecule has 0 N–H and O–H groups in total. The Labute approximate surface area is 105 Å². The van der Waals surface area contributed by atoms with Gasteiger partial charge in [-0.3, -0.25) is 10.1 Å². The first kappa shape index (κ1) is 12.9. The fraction of sp³-hybridized carbons (Fsp3) is 0.545. The van der Waals surface area contributed by atoms with Crippen molar-refractivity contribution in [2.24, 2.45) is 0 Å². The molecule has 1 aromatic heterocycles. The number of hydrogen-bond donors (Lipinski definition) is 0. The van der Waals surface area contributed by atoms with Crippen LogP contribution in [0.25, 0.3) is 0 Å². The fourth-order valence-electron chi connectivity index (χ4n) is 2.25. The highest BCUT2D eigenvalue weighted by Crippen LogP contribution is 2.29. The summed E-state index contributed by atoms with van der Waals surface area (Å²) in [6.07, 6.45) is 3.13. The van der Waals surface area contributed by atoms with E-state index in [9.17, 15) is 18.5 Å². The van der Waals surface area contributed by atoms with Gasteiger partial charge in [0.15, 0.2) is 14.9 Å². The third-order valence-corrected chi connectivity index (χ3v) is 5.42. The molecular weight excluding hydrogens is 256 g/mol. The summed E-state index contributed by atoms with van der Waals surface area (Å²) in [5, 5.41) is 10.2. The summed E-state index contributed by atoms with van der Waals surface area (Å²) >= 11 is 0. The molecule has 1 aliphatic carbocycles. The van der Waals surface area contributed by atoms with E-state index in [-0.39, 0.29) is 21.7 Å². The molecule has 1 aliphatic rings. The number of aryl methyl sites for hydroxylation is 1. The molecule has 0 amide bonds. The standard InChI is InChI=1S/C11H14N2O4S/c1-8-10(13(14)15)6-7-11(12-8)18(16,17)9-4-2-3-5-9/h6-7,9H,2-5H2,1H3. The topological polar surface area (TPSA) is 90.2 Å². The Morgan fingerprint density at radius 1 is 1.33 bits per heavy atom. The molecule has 1 fully saturated rings. The van der Waals surface area contributed by atoms with E-state index in [1.807, 2.05) is 0 Å². The van der Waals surface area contributed by atoms with E-state index in [1.54, 1.807) is 0 Å². The summed E-state index contributed by atoms with van der Waals surface area (Å²) in [5.74, 6) is 0. The quantitative estimate of drug-likeness (QED) is 0.619. The van der Waals surface area contributed by atoms with Crippen molar-refractivity contribution in [1.29, 1.82) is 0 Å². The van der Waals surface area contributed by atoms with Gasteiger partial charge in [-0.1, -0.05) is 12.8 Å². The van der Waals surface area contributed by atoms with E-state index in [2.05, 4.69) is 4.98 Å². The molecule has 98 valence electrons. The largest absolute Gasteiger partial charge is 0.290 e. The molecule has 0 unspecified atom stereocenters. The number of aromatic nitrogens is 1. The average Bonchev–Trinajstić information content (AvgIpc) is 2.82. The molecule has 7 heteroatoms. The first-order chi connectivity index (χ1) is 8.43. The van der Waals surface area contributed by atoms with Crippen molar-refractivity contribution < 1.29 is 13.3 Å². The van der Waals surface area contributed by atoms with Crippen LogP contribution < -0.4 is 0 Å². The SMILES string of the molecule is Cc1nc(S(=O)(=O)C2CCCC2)ccc1[N+](=O)[O-]. The maximum absolute atomic E-state index is 12.2. The van der Waals surface area contributed by atoms with Crippen LogP contribution in [0.4, 0.5) is 5.69 Å². The monoisotopic (exact) mass is 270 g/mol. The maximum atomic E-state index is 12.2. The van der Waals surface area contributed by atoms with Crippen LogP contribution in [0.1, 0.15) is 31.4 Å². The highest BCUT2D eigenvalue weighted by Gasteiger charge is 2.32. The zero-order valence-corrected chi connectivity index (χ0v) is 10.8. The fourth-order valence-corrected chi connectivity index (χ4v) is 4.07. The van der Waals surface area contributed by atoms with Crippen molar-refractivity contribution in [3.8, 4) is 0 Å². The maximum Gasteiger partial charge on any atom is 0.290 e. The lowest BCUT2D eigenvalue weighted by molar-refractivity contribution is -0.385. The predicted molar refractivity (Wildman–Crippen MR) is 65.1 cm³/mol. The van der Waals surface area contributed by atoms with Gasteiger partial charge in [-0.05, 0) is 25.8 Å². The van der Waals surface area contributed by atoms with Gasteiger partial charge in [0.2, 0.25) is 0 Å². The lowest BCUT2D eigenvalue weighted by Crippen LogP contribution is -2.19. The van der Waals surface area contributed by atoms with Crippen LogP contribution in [0.5, 0.6) is 0 Å². The van der Waals surface area contributed by atoms with Gasteiger partial charge in [0.05, 0.1) is 10.2 Å². The van der Waals surface area contributed by atoms with E-state index in [1.165, 1.54) is 19.1 Å². The molecule has 1 aromatic rings. The average molecular weight is 270 g/mol. The normalized spacial score (nSPS) is 16.9. The lowest BCUT2D eigenvalue weighted by Gasteiger charge is -2.10. The molecule has 2 rings (SSSR count). The predicted octanol–water partition coefficient (Wildman–Crippen LogP) is 2.01. The van der Waals surface area contributed by atoms with Crippen molar-refractivity contribution >= 4 is 15.5 Å². The Morgan fingerprint density at radius 2 is 1.94 bits per heavy atom. The van der Waals surface area contributed by atoms with Gasteiger partial charge >= 0.3 is 0 Å². The smallest absolute Gasteiger partial charge is 0.258 e. The van der Waals surface area contributed by atoms with Crippen LogP contribution in [0.3, 0.4) is 0 Å². The Hall–Kier alpha value is -1.50. The first-order valence-corrected chi connectivity index (χ1v) is 7.33. The van der Waals surface area contributed by atoms with Crippen molar-refractivity contribution in [3.05, 3.63) is 27.9 Å². The second-order valence-corrected chi connectivity index (χ2v) is 6.64. The zero-order chi connectivity index (χ0) is 13.3. The molecule has 6 nitrogen and oxygen atoms in total. The van der Waals surface area contributed by atoms with Gasteiger partial charge in [0, 0.05) is 6.07 Å². The molecule has 18 heavy (non-hydrogen) atoms. The van der Waals surface area contributed by atoms with Crippen LogP contribution in [0.15, 0.2) is 17.2 Å². The van der Waals surface area contributed by atoms with Crippen molar-refractivity contribution in [2.45, 2.75) is 42.9 Å². The Balaban J connectivity index is 2.40. The van der Waals surface area contributed by atoms with Crippen LogP contribution in [-0.4, -0.2) is 23.6 Å². The van der Waals surface area contributed by atoms with E-state index >= 15 is 0 Å². The molecular formula is C11H14N2O4S. The van der Waals surface area contributed by atoms with Gasteiger partial charge in [-0.25, -0.2) is 13.4 Å². The number of nitro groups is 1. The number of sulfone groups is 1. The van der Waals surface area contributed by atoms with Crippen molar-refractivity contribution in [2.75, 3.05) is 0 Å². The third kappa shape index (κ3) is 2.22. The van der Waals surface area contributed by atoms with Gasteiger partial charge in [0.25, 0.3) is 5.69 Å². The van der Waals surface area contributed by atoms with Crippen LogP contribution in [-0.2, 0) is 9.84 Å². The minimum Gasteiger partial charge on any atom is -0.258 e. The van der Waals surface area contributed by atoms with Crippen molar-refractivity contribution in [1.82, 2.24) is 4.98 Å². The number of hydrogen-bond acceptors (Lipinski definition) is 5. The summed E-state index contributed by atoms with van der Waals surface area (Å²) in [5.41, 5.74) is -0.0144.